The van der Waals surface area contributed by atoms with E-state index < -0.39 is 0 Å². The molecule has 140 valence electrons. The lowest BCUT2D eigenvalue weighted by atomic mass is 10.1. The van der Waals surface area contributed by atoms with Gasteiger partial charge >= 0.3 is 0 Å². The summed E-state index contributed by atoms with van der Waals surface area (Å²) in [6.45, 7) is 15.3. The minimum atomic E-state index is 0.0119. The number of furan rings is 2. The summed E-state index contributed by atoms with van der Waals surface area (Å²) >= 11 is 0. The van der Waals surface area contributed by atoms with Crippen LogP contribution in [0.25, 0.3) is 21.9 Å². The molecule has 0 aliphatic heterocycles. The van der Waals surface area contributed by atoms with Gasteiger partial charge in [-0.15, -0.1) is 0 Å². The van der Waals surface area contributed by atoms with E-state index in [0.29, 0.717) is 24.4 Å². The molecule has 5 nitrogen and oxygen atoms in total. The molecule has 2 heterocycles. The maximum absolute atomic E-state index is 12.9. The molecule has 0 bridgehead atoms. The summed E-state index contributed by atoms with van der Waals surface area (Å²) < 4.78 is 12.0. The molecule has 5 heteroatoms. The molecule has 0 atom stereocenters. The molecule has 3 rings (SSSR count). The van der Waals surface area contributed by atoms with Crippen molar-refractivity contribution in [3.05, 3.63) is 29.2 Å². The van der Waals surface area contributed by atoms with Crippen molar-refractivity contribution in [1.82, 2.24) is 4.90 Å². The fourth-order valence-corrected chi connectivity index (χ4v) is 3.79. The van der Waals surface area contributed by atoms with Crippen LogP contribution >= 0.6 is 0 Å². The Bertz CT molecular complexity index is 943. The van der Waals surface area contributed by atoms with E-state index in [0.717, 1.165) is 46.5 Å². The van der Waals surface area contributed by atoms with Crippen molar-refractivity contribution in [2.45, 2.75) is 41.5 Å². The van der Waals surface area contributed by atoms with Crippen molar-refractivity contribution >= 4 is 33.5 Å². The Kier molecular flexibility index (Phi) is 4.99. The van der Waals surface area contributed by atoms with Gasteiger partial charge in [0.05, 0.1) is 11.3 Å². The second kappa shape index (κ2) is 7.06. The summed E-state index contributed by atoms with van der Waals surface area (Å²) in [6.07, 6.45) is 0. The predicted molar refractivity (Wildman–Crippen MR) is 106 cm³/mol. The molecule has 0 aliphatic carbocycles. The van der Waals surface area contributed by atoms with Crippen LogP contribution < -0.4 is 4.90 Å². The lowest BCUT2D eigenvalue weighted by Crippen LogP contribution is -2.30. The Morgan fingerprint density at radius 3 is 1.96 bits per heavy atom. The second-order valence-electron chi connectivity index (χ2n) is 6.53. The Hall–Kier alpha value is -2.43. The predicted octanol–water partition coefficient (Wildman–Crippen LogP) is 5.12. The highest BCUT2D eigenvalue weighted by molar-refractivity contribution is 6.11. The lowest BCUT2D eigenvalue weighted by Gasteiger charge is -2.20. The molecule has 2 aromatic heterocycles. The topological polar surface area (TPSA) is 49.8 Å². The third-order valence-electron chi connectivity index (χ3n) is 5.16. The molecule has 1 amide bonds. The Labute approximate surface area is 154 Å². The number of aryl methyl sites for hydroxylation is 2. The van der Waals surface area contributed by atoms with Crippen LogP contribution in [-0.2, 0) is 0 Å². The van der Waals surface area contributed by atoms with Crippen LogP contribution in [0.4, 0.5) is 5.69 Å². The van der Waals surface area contributed by atoms with Crippen molar-refractivity contribution in [3.63, 3.8) is 0 Å². The molecule has 3 aromatic rings. The number of fused-ring (bicyclic) bond motifs is 2. The molecule has 26 heavy (non-hydrogen) atoms. The molecule has 0 saturated heterocycles. The summed E-state index contributed by atoms with van der Waals surface area (Å²) in [5, 5.41) is 1.86. The number of hydrogen-bond acceptors (Lipinski definition) is 4. The van der Waals surface area contributed by atoms with E-state index in [9.17, 15) is 4.79 Å². The molecule has 0 unspecified atom stereocenters. The third-order valence-corrected chi connectivity index (χ3v) is 5.16. The minimum absolute atomic E-state index is 0.0119. The molecule has 0 spiro atoms. The van der Waals surface area contributed by atoms with Gasteiger partial charge in [-0.3, -0.25) is 4.79 Å². The third kappa shape index (κ3) is 2.75. The maximum Gasteiger partial charge on any atom is 0.258 e. The Morgan fingerprint density at radius 1 is 0.846 bits per heavy atom. The van der Waals surface area contributed by atoms with Gasteiger partial charge in [0.15, 0.2) is 0 Å². The maximum atomic E-state index is 12.9. The van der Waals surface area contributed by atoms with Crippen molar-refractivity contribution in [2.75, 3.05) is 31.1 Å². The van der Waals surface area contributed by atoms with Crippen LogP contribution in [0.5, 0.6) is 0 Å². The van der Waals surface area contributed by atoms with Gasteiger partial charge in [0.25, 0.3) is 5.91 Å². The fourth-order valence-electron chi connectivity index (χ4n) is 3.79. The average molecular weight is 356 g/mol. The molecular weight excluding hydrogens is 328 g/mol. The number of rotatable bonds is 6. The number of anilines is 1. The largest absolute Gasteiger partial charge is 0.460 e. The van der Waals surface area contributed by atoms with Crippen molar-refractivity contribution in [1.29, 1.82) is 0 Å². The van der Waals surface area contributed by atoms with E-state index in [-0.39, 0.29) is 5.91 Å². The smallest absolute Gasteiger partial charge is 0.258 e. The van der Waals surface area contributed by atoms with Gasteiger partial charge in [0.2, 0.25) is 0 Å². The highest BCUT2D eigenvalue weighted by Crippen LogP contribution is 2.38. The number of hydrogen-bond donors (Lipinski definition) is 0. The Morgan fingerprint density at radius 2 is 1.38 bits per heavy atom. The summed E-state index contributed by atoms with van der Waals surface area (Å²) in [4.78, 5) is 17.0. The van der Waals surface area contributed by atoms with Crippen LogP contribution in [-0.4, -0.2) is 37.0 Å². The van der Waals surface area contributed by atoms with Gasteiger partial charge in [0, 0.05) is 37.0 Å². The number of carbonyl (C=O) groups excluding carboxylic acids is 1. The molecule has 0 fully saturated rings. The monoisotopic (exact) mass is 356 g/mol. The van der Waals surface area contributed by atoms with E-state index in [2.05, 4.69) is 18.7 Å². The summed E-state index contributed by atoms with van der Waals surface area (Å²) in [5.41, 5.74) is 3.28. The van der Waals surface area contributed by atoms with E-state index in [1.807, 2.05) is 44.7 Å². The van der Waals surface area contributed by atoms with Gasteiger partial charge in [-0.05, 0) is 53.7 Å². The number of amides is 1. The number of benzene rings is 1. The molecule has 0 saturated carbocycles. The van der Waals surface area contributed by atoms with Gasteiger partial charge in [-0.25, -0.2) is 0 Å². The van der Waals surface area contributed by atoms with Crippen LogP contribution in [0.15, 0.2) is 21.0 Å². The summed E-state index contributed by atoms with van der Waals surface area (Å²) in [5.74, 6) is 1.56. The van der Waals surface area contributed by atoms with E-state index >= 15 is 0 Å². The lowest BCUT2D eigenvalue weighted by molar-refractivity contribution is 0.0773. The van der Waals surface area contributed by atoms with Crippen molar-refractivity contribution < 1.29 is 13.6 Å². The first-order valence-corrected chi connectivity index (χ1v) is 9.47. The van der Waals surface area contributed by atoms with Gasteiger partial charge in [0.1, 0.15) is 22.7 Å². The highest BCUT2D eigenvalue weighted by Gasteiger charge is 2.24. The van der Waals surface area contributed by atoms with Gasteiger partial charge in [-0.2, -0.15) is 0 Å². The van der Waals surface area contributed by atoms with Crippen LogP contribution in [0, 0.1) is 13.8 Å². The Balaban J connectivity index is 2.24. The number of nitrogens with zero attached hydrogens (tertiary/aromatic N) is 2. The quantitative estimate of drug-likeness (QED) is 0.615. The van der Waals surface area contributed by atoms with Gasteiger partial charge in [-0.1, -0.05) is 0 Å². The first kappa shape index (κ1) is 18.4. The fraction of sp³-hybridized carbons (Fsp3) is 0.476. The molecule has 0 aliphatic rings. The minimum Gasteiger partial charge on any atom is -0.460 e. The highest BCUT2D eigenvalue weighted by atomic mass is 16.3. The molecule has 1 aromatic carbocycles. The second-order valence-corrected chi connectivity index (χ2v) is 6.53. The van der Waals surface area contributed by atoms with E-state index in [1.165, 1.54) is 0 Å². The first-order chi connectivity index (χ1) is 12.5. The SMILES string of the molecule is CCN(CC)C(=O)c1c(C)oc2cc3c(N(CC)CC)c(C)oc3cc12. The molecular formula is C21H28N2O3. The molecule has 0 N–H and O–H groups in total. The summed E-state index contributed by atoms with van der Waals surface area (Å²) in [7, 11) is 0. The van der Waals surface area contributed by atoms with Gasteiger partial charge < -0.3 is 18.6 Å². The van der Waals surface area contributed by atoms with Crippen molar-refractivity contribution in [3.8, 4) is 0 Å². The first-order valence-electron chi connectivity index (χ1n) is 9.47. The standard InChI is InChI=1S/C21H28N2O3/c1-7-22(8-2)20-14(6)26-18-11-15-17(12-16(18)20)25-13(5)19(15)21(24)23(9-3)10-4/h11-12H,7-10H2,1-6H3. The number of carbonyl (C=O) groups is 1. The van der Waals surface area contributed by atoms with Crippen LogP contribution in [0.2, 0.25) is 0 Å². The molecule has 0 radical (unpaired) electrons. The zero-order chi connectivity index (χ0) is 19.0. The average Bonchev–Trinajstić information content (AvgIpc) is 3.10. The zero-order valence-electron chi connectivity index (χ0n) is 16.6. The van der Waals surface area contributed by atoms with Crippen molar-refractivity contribution in [2.24, 2.45) is 0 Å². The summed E-state index contributed by atoms with van der Waals surface area (Å²) in [6, 6.07) is 3.97. The van der Waals surface area contributed by atoms with Crippen LogP contribution in [0.1, 0.15) is 49.6 Å². The van der Waals surface area contributed by atoms with E-state index in [1.54, 1.807) is 0 Å². The zero-order valence-corrected chi connectivity index (χ0v) is 16.6. The normalized spacial score (nSPS) is 11.5. The van der Waals surface area contributed by atoms with E-state index in [4.69, 9.17) is 8.83 Å². The van der Waals surface area contributed by atoms with Crippen LogP contribution in [0.3, 0.4) is 0 Å².